The molecule has 1 aromatic carbocycles. The highest BCUT2D eigenvalue weighted by molar-refractivity contribution is 7.45. The SMILES string of the molecule is CC(C)C[C@@H]1C(=O)N2CCC[C@H]2[C@]2(O)O[C@](NC(=O)[C@@H]3C=C4c5cccc6[nH]cc(c56)C[C@H]4N(C)C3)(C(C)C)C(=O)N12.O=P(O)(O)O. The van der Waals surface area contributed by atoms with Crippen molar-refractivity contribution in [3.63, 3.8) is 0 Å². The summed E-state index contributed by atoms with van der Waals surface area (Å²) >= 11 is 0. The molecule has 0 bridgehead atoms. The highest BCUT2D eigenvalue weighted by Crippen LogP contribution is 2.48. The molecule has 3 amide bonds. The first kappa shape index (κ1) is 33.8. The van der Waals surface area contributed by atoms with Gasteiger partial charge in [0.15, 0.2) is 0 Å². The summed E-state index contributed by atoms with van der Waals surface area (Å²) in [7, 11) is -2.61. The van der Waals surface area contributed by atoms with Gasteiger partial charge in [0.1, 0.15) is 12.1 Å². The molecule has 7 rings (SSSR count). The Morgan fingerprint density at radius 1 is 1.19 bits per heavy atom. The maximum absolute atomic E-state index is 14.4. The van der Waals surface area contributed by atoms with Crippen molar-refractivity contribution < 1.29 is 43.5 Å². The molecule has 6 atom stereocenters. The summed E-state index contributed by atoms with van der Waals surface area (Å²) < 4.78 is 15.3. The molecule has 0 unspecified atom stereocenters. The Bertz CT molecular complexity index is 1680. The van der Waals surface area contributed by atoms with Crippen LogP contribution < -0.4 is 5.32 Å². The minimum absolute atomic E-state index is 0.108. The summed E-state index contributed by atoms with van der Waals surface area (Å²) in [6.45, 7) is 8.60. The van der Waals surface area contributed by atoms with E-state index in [1.165, 1.54) is 15.8 Å². The number of aliphatic hydroxyl groups is 1. The topological polar surface area (TPSA) is 196 Å². The molecule has 256 valence electrons. The lowest BCUT2D eigenvalue weighted by Gasteiger charge is -2.49. The minimum Gasteiger partial charge on any atom is -0.361 e. The number of benzene rings is 1. The molecule has 1 aromatic heterocycles. The fourth-order valence-electron chi connectivity index (χ4n) is 8.10. The highest BCUT2D eigenvalue weighted by Gasteiger charge is 2.72. The molecule has 0 spiro atoms. The average molecular weight is 674 g/mol. The predicted molar refractivity (Wildman–Crippen MR) is 171 cm³/mol. The Balaban J connectivity index is 0.000000720. The molecule has 3 saturated heterocycles. The van der Waals surface area contributed by atoms with Crippen molar-refractivity contribution >= 4 is 42.0 Å². The molecule has 5 aliphatic rings. The number of rotatable bonds is 5. The molecule has 2 aromatic rings. The van der Waals surface area contributed by atoms with Crippen LogP contribution in [0.2, 0.25) is 0 Å². The number of hydrogen-bond acceptors (Lipinski definition) is 7. The number of nitrogens with one attached hydrogen (secondary N) is 2. The van der Waals surface area contributed by atoms with Gasteiger partial charge in [-0.3, -0.25) is 28.9 Å². The van der Waals surface area contributed by atoms with Crippen LogP contribution in [0.4, 0.5) is 0 Å². The molecule has 5 heterocycles. The first-order chi connectivity index (χ1) is 22.0. The second-order valence-electron chi connectivity index (χ2n) is 14.1. The van der Waals surface area contributed by atoms with Gasteiger partial charge in [0.2, 0.25) is 17.5 Å². The van der Waals surface area contributed by atoms with Crippen molar-refractivity contribution in [2.75, 3.05) is 20.1 Å². The molecule has 0 saturated carbocycles. The number of carbonyl (C=O) groups excluding carboxylic acids is 3. The molecule has 14 nitrogen and oxygen atoms in total. The van der Waals surface area contributed by atoms with E-state index < -0.39 is 49.3 Å². The molecule has 3 fully saturated rings. The van der Waals surface area contributed by atoms with Crippen LogP contribution in [0.1, 0.15) is 58.1 Å². The number of carbonyl (C=O) groups is 3. The molecular formula is C32H44N5O9P. The molecule has 47 heavy (non-hydrogen) atoms. The van der Waals surface area contributed by atoms with Crippen molar-refractivity contribution in [2.45, 2.75) is 83.1 Å². The number of hydrogen-bond donors (Lipinski definition) is 6. The van der Waals surface area contributed by atoms with Crippen LogP contribution in [0.3, 0.4) is 0 Å². The fraction of sp³-hybridized carbons (Fsp3) is 0.594. The lowest BCUT2D eigenvalue weighted by molar-refractivity contribution is -0.322. The third-order valence-corrected chi connectivity index (χ3v) is 10.2. The van der Waals surface area contributed by atoms with Gasteiger partial charge in [-0.2, -0.15) is 0 Å². The Hall–Kier alpha value is -3.10. The van der Waals surface area contributed by atoms with Crippen LogP contribution in [0.15, 0.2) is 30.5 Å². The number of phosphoric acid groups is 1. The first-order valence-electron chi connectivity index (χ1n) is 16.1. The number of piperazine rings is 1. The van der Waals surface area contributed by atoms with E-state index in [0.717, 1.165) is 29.5 Å². The maximum Gasteiger partial charge on any atom is 0.466 e. The average Bonchev–Trinajstić information content (AvgIpc) is 3.68. The van der Waals surface area contributed by atoms with E-state index in [0.29, 0.717) is 25.9 Å². The molecule has 4 aliphatic heterocycles. The fourth-order valence-corrected chi connectivity index (χ4v) is 8.10. The zero-order chi connectivity index (χ0) is 34.2. The summed E-state index contributed by atoms with van der Waals surface area (Å²) in [5.74, 6) is -3.97. The van der Waals surface area contributed by atoms with Gasteiger partial charge in [0.25, 0.3) is 11.8 Å². The molecule has 1 aliphatic carbocycles. The number of fused-ring (bicyclic) bond motifs is 5. The Kier molecular flexibility index (Phi) is 8.48. The van der Waals surface area contributed by atoms with Crippen LogP contribution in [-0.2, 0) is 30.1 Å². The predicted octanol–water partition coefficient (Wildman–Crippen LogP) is 1.50. The van der Waals surface area contributed by atoms with Crippen LogP contribution in [0.25, 0.3) is 16.5 Å². The lowest BCUT2D eigenvalue weighted by Crippen LogP contribution is -2.71. The normalized spacial score (nSPS) is 31.9. The molecular weight excluding hydrogens is 629 g/mol. The Morgan fingerprint density at radius 3 is 2.55 bits per heavy atom. The minimum atomic E-state index is -4.64. The van der Waals surface area contributed by atoms with Gasteiger partial charge in [-0.1, -0.05) is 45.9 Å². The number of likely N-dealkylation sites (N-methyl/N-ethyl adjacent to an activating group) is 1. The standard InChI is InChI=1S/C32H41N5O5.H3O4P/c1-17(2)12-25-29(39)36-11-7-10-26(36)32(41)37(25)30(40)31(42-32,18(3)4)34-28(38)20-13-22-21-8-6-9-23-27(21)19(15-33-23)14-24(22)35(5)16-20;1-5(2,3)4/h6,8-9,13,15,17-18,20,24-26,33,41H,7,10-12,14,16H2,1-5H3,(H,34,38);(H3,1,2,3,4)/t20-,24-,25-,26+,31-,32+;/m1./s1. The van der Waals surface area contributed by atoms with Crippen molar-refractivity contribution in [1.29, 1.82) is 0 Å². The third-order valence-electron chi connectivity index (χ3n) is 10.2. The van der Waals surface area contributed by atoms with E-state index in [1.807, 2.05) is 46.9 Å². The summed E-state index contributed by atoms with van der Waals surface area (Å²) in [5, 5.41) is 16.3. The summed E-state index contributed by atoms with van der Waals surface area (Å²) in [5.41, 5.74) is 2.79. The zero-order valence-electron chi connectivity index (χ0n) is 27.2. The van der Waals surface area contributed by atoms with E-state index in [9.17, 15) is 19.5 Å². The van der Waals surface area contributed by atoms with Crippen LogP contribution >= 0.6 is 7.82 Å². The maximum atomic E-state index is 14.4. The van der Waals surface area contributed by atoms with Gasteiger partial charge >= 0.3 is 7.82 Å². The number of H-pyrrole nitrogens is 1. The summed E-state index contributed by atoms with van der Waals surface area (Å²) in [6, 6.07) is 4.84. The van der Waals surface area contributed by atoms with Crippen LogP contribution in [0, 0.1) is 17.8 Å². The zero-order valence-corrected chi connectivity index (χ0v) is 28.1. The van der Waals surface area contributed by atoms with Crippen molar-refractivity contribution in [3.8, 4) is 0 Å². The number of aromatic amines is 1. The first-order valence-corrected chi connectivity index (χ1v) is 17.7. The van der Waals surface area contributed by atoms with Gasteiger partial charge in [0, 0.05) is 42.1 Å². The van der Waals surface area contributed by atoms with Gasteiger partial charge in [-0.25, -0.2) is 4.57 Å². The Morgan fingerprint density at radius 2 is 1.89 bits per heavy atom. The molecule has 15 heteroatoms. The third kappa shape index (κ3) is 5.63. The monoisotopic (exact) mass is 673 g/mol. The smallest absolute Gasteiger partial charge is 0.361 e. The number of aromatic nitrogens is 1. The van der Waals surface area contributed by atoms with Crippen molar-refractivity contribution in [3.05, 3.63) is 41.6 Å². The van der Waals surface area contributed by atoms with Crippen LogP contribution in [-0.4, -0.2) is 107 Å². The van der Waals surface area contributed by atoms with E-state index in [4.69, 9.17) is 24.0 Å². The van der Waals surface area contributed by atoms with Crippen molar-refractivity contribution in [1.82, 2.24) is 25.0 Å². The van der Waals surface area contributed by atoms with E-state index in [-0.39, 0.29) is 23.8 Å². The molecule has 6 N–H and O–H groups in total. The highest BCUT2D eigenvalue weighted by atomic mass is 31.2. The largest absolute Gasteiger partial charge is 0.466 e. The van der Waals surface area contributed by atoms with E-state index in [1.54, 1.807) is 4.90 Å². The van der Waals surface area contributed by atoms with Gasteiger partial charge in [-0.05, 0) is 61.4 Å². The molecule has 0 radical (unpaired) electrons. The number of ether oxygens (including phenoxy) is 1. The Labute approximate surface area is 273 Å². The quantitative estimate of drug-likeness (QED) is 0.253. The number of nitrogens with zero attached hydrogens (tertiary/aromatic N) is 3. The second-order valence-corrected chi connectivity index (χ2v) is 15.1. The van der Waals surface area contributed by atoms with Gasteiger partial charge in [0.05, 0.1) is 5.92 Å². The van der Waals surface area contributed by atoms with Crippen molar-refractivity contribution in [2.24, 2.45) is 17.8 Å². The second kappa shape index (κ2) is 11.8. The van der Waals surface area contributed by atoms with Gasteiger partial charge in [-0.15, -0.1) is 0 Å². The van der Waals surface area contributed by atoms with E-state index in [2.05, 4.69) is 33.5 Å². The lowest BCUT2D eigenvalue weighted by atomic mass is 9.79. The van der Waals surface area contributed by atoms with E-state index >= 15 is 0 Å². The number of amides is 3. The van der Waals surface area contributed by atoms with Crippen LogP contribution in [0.5, 0.6) is 0 Å². The summed E-state index contributed by atoms with van der Waals surface area (Å²) in [6.07, 6.45) is 6.62. The summed E-state index contributed by atoms with van der Waals surface area (Å²) in [4.78, 5) is 72.2. The van der Waals surface area contributed by atoms with Gasteiger partial charge < -0.3 is 35.0 Å².